The van der Waals surface area contributed by atoms with Gasteiger partial charge in [-0.25, -0.2) is 8.42 Å². The Morgan fingerprint density at radius 3 is 2.80 bits per heavy atom. The number of nitrogens with zero attached hydrogens (tertiary/aromatic N) is 1. The SMILES string of the molecule is [B]c1cccc(-c2ccnc(CNC(=O)c3ccc4c(c3)S(=O)(=O)CCOC4)c2)c1.[HH]. The molecule has 3 aromatic rings. The third-order valence-electron chi connectivity index (χ3n) is 4.88. The molecule has 1 aliphatic rings. The van der Waals surface area contributed by atoms with Crippen LogP contribution in [-0.4, -0.2) is 39.5 Å². The number of fused-ring (bicyclic) bond motifs is 1. The number of aromatic nitrogens is 1. The van der Waals surface area contributed by atoms with E-state index in [0.717, 1.165) is 11.1 Å². The molecule has 1 aromatic heterocycles. The van der Waals surface area contributed by atoms with Gasteiger partial charge in [-0.2, -0.15) is 0 Å². The molecule has 30 heavy (non-hydrogen) atoms. The van der Waals surface area contributed by atoms with Crippen molar-refractivity contribution >= 4 is 29.1 Å². The minimum absolute atomic E-state index is 0. The Morgan fingerprint density at radius 1 is 1.13 bits per heavy atom. The lowest BCUT2D eigenvalue weighted by atomic mass is 9.92. The fraction of sp³-hybridized carbons (Fsp3) is 0.182. The number of hydrogen-bond acceptors (Lipinski definition) is 5. The van der Waals surface area contributed by atoms with E-state index in [1.54, 1.807) is 18.3 Å². The third-order valence-corrected chi connectivity index (χ3v) is 6.64. The summed E-state index contributed by atoms with van der Waals surface area (Å²) in [6, 6.07) is 15.9. The Kier molecular flexibility index (Phi) is 5.70. The maximum absolute atomic E-state index is 12.6. The molecule has 152 valence electrons. The number of sulfone groups is 1. The maximum Gasteiger partial charge on any atom is 0.251 e. The van der Waals surface area contributed by atoms with Crippen LogP contribution in [0, 0.1) is 0 Å². The van der Waals surface area contributed by atoms with E-state index in [1.807, 2.05) is 36.4 Å². The summed E-state index contributed by atoms with van der Waals surface area (Å²) in [7, 11) is 2.38. The van der Waals surface area contributed by atoms with Crippen LogP contribution in [0.5, 0.6) is 0 Å². The van der Waals surface area contributed by atoms with Crippen LogP contribution in [0.25, 0.3) is 11.1 Å². The van der Waals surface area contributed by atoms with Crippen LogP contribution in [0.3, 0.4) is 0 Å². The van der Waals surface area contributed by atoms with Gasteiger partial charge in [-0.1, -0.05) is 35.8 Å². The fourth-order valence-corrected chi connectivity index (χ4v) is 4.70. The molecule has 2 heterocycles. The molecule has 2 radical (unpaired) electrons. The summed E-state index contributed by atoms with van der Waals surface area (Å²) in [4.78, 5) is 17.1. The van der Waals surface area contributed by atoms with Crippen molar-refractivity contribution in [3.8, 4) is 11.1 Å². The molecule has 0 saturated carbocycles. The van der Waals surface area contributed by atoms with E-state index in [0.29, 0.717) is 16.7 Å². The molecule has 0 aliphatic carbocycles. The molecule has 1 amide bonds. The van der Waals surface area contributed by atoms with Gasteiger partial charge in [0.1, 0.15) is 7.85 Å². The van der Waals surface area contributed by atoms with Crippen molar-refractivity contribution in [2.75, 3.05) is 12.4 Å². The van der Waals surface area contributed by atoms with Gasteiger partial charge in [0.15, 0.2) is 9.84 Å². The first-order valence-electron chi connectivity index (χ1n) is 9.45. The summed E-state index contributed by atoms with van der Waals surface area (Å²) in [6.45, 7) is 0.576. The van der Waals surface area contributed by atoms with E-state index in [1.165, 1.54) is 6.07 Å². The summed E-state index contributed by atoms with van der Waals surface area (Å²) >= 11 is 0. The highest BCUT2D eigenvalue weighted by Crippen LogP contribution is 2.23. The van der Waals surface area contributed by atoms with Crippen LogP contribution < -0.4 is 10.8 Å². The highest BCUT2D eigenvalue weighted by molar-refractivity contribution is 7.91. The number of hydrogen-bond donors (Lipinski definition) is 1. The van der Waals surface area contributed by atoms with E-state index in [9.17, 15) is 13.2 Å². The standard InChI is InChI=1S/C22H19BN2O4S.H2/c23-19-3-1-2-15(10-19)16-6-7-24-20(11-16)13-25-22(26)17-4-5-18-14-29-8-9-30(27,28)21(18)12-17;/h1-7,10-12H,8-9,13-14H2,(H,25,26);1H. The number of carbonyl (C=O) groups excluding carboxylic acids is 1. The van der Waals surface area contributed by atoms with Gasteiger partial charge < -0.3 is 10.1 Å². The molecule has 0 bridgehead atoms. The fourth-order valence-electron chi connectivity index (χ4n) is 3.31. The topological polar surface area (TPSA) is 85.4 Å². The molecule has 2 aromatic carbocycles. The minimum atomic E-state index is -3.47. The highest BCUT2D eigenvalue weighted by Gasteiger charge is 2.23. The van der Waals surface area contributed by atoms with Gasteiger partial charge in [-0.05, 0) is 41.0 Å². The Labute approximate surface area is 178 Å². The molecule has 0 saturated heterocycles. The third kappa shape index (κ3) is 4.45. The first-order chi connectivity index (χ1) is 14.4. The first kappa shape index (κ1) is 20.3. The molecule has 1 aliphatic heterocycles. The van der Waals surface area contributed by atoms with E-state index in [2.05, 4.69) is 10.3 Å². The van der Waals surface area contributed by atoms with Crippen LogP contribution in [0.4, 0.5) is 0 Å². The predicted octanol–water partition coefficient (Wildman–Crippen LogP) is 2.02. The lowest BCUT2D eigenvalue weighted by Crippen LogP contribution is -2.23. The van der Waals surface area contributed by atoms with Crippen LogP contribution in [0.15, 0.2) is 65.7 Å². The summed E-state index contributed by atoms with van der Waals surface area (Å²) in [5.74, 6) is -0.458. The van der Waals surface area contributed by atoms with Crippen molar-refractivity contribution in [2.45, 2.75) is 18.0 Å². The van der Waals surface area contributed by atoms with Gasteiger partial charge in [-0.15, -0.1) is 0 Å². The van der Waals surface area contributed by atoms with Gasteiger partial charge in [0.25, 0.3) is 5.91 Å². The largest absolute Gasteiger partial charge is 0.376 e. The zero-order valence-electron chi connectivity index (χ0n) is 16.2. The number of carbonyl (C=O) groups is 1. The summed E-state index contributed by atoms with van der Waals surface area (Å²) in [5, 5.41) is 2.80. The van der Waals surface area contributed by atoms with Crippen molar-refractivity contribution in [3.05, 3.63) is 77.6 Å². The number of ether oxygens (including phenoxy) is 1. The molecule has 0 fully saturated rings. The van der Waals surface area contributed by atoms with Gasteiger partial charge in [0.05, 0.1) is 36.1 Å². The zero-order valence-corrected chi connectivity index (χ0v) is 17.0. The number of benzene rings is 2. The summed E-state index contributed by atoms with van der Waals surface area (Å²) < 4.78 is 30.1. The average Bonchev–Trinajstić information content (AvgIpc) is 2.90. The Bertz CT molecular complexity index is 1220. The van der Waals surface area contributed by atoms with Crippen molar-refractivity contribution in [2.24, 2.45) is 0 Å². The van der Waals surface area contributed by atoms with Gasteiger partial charge in [0, 0.05) is 13.2 Å². The molecular weight excluding hydrogens is 399 g/mol. The van der Waals surface area contributed by atoms with E-state index in [-0.39, 0.29) is 43.3 Å². The first-order valence-corrected chi connectivity index (χ1v) is 11.1. The summed E-state index contributed by atoms with van der Waals surface area (Å²) in [5.41, 5.74) is 4.11. The molecule has 1 N–H and O–H groups in total. The van der Waals surface area contributed by atoms with Crippen LogP contribution in [0.2, 0.25) is 0 Å². The van der Waals surface area contributed by atoms with Crippen LogP contribution in [0.1, 0.15) is 23.0 Å². The van der Waals surface area contributed by atoms with Gasteiger partial charge in [0.2, 0.25) is 0 Å². The van der Waals surface area contributed by atoms with E-state index >= 15 is 0 Å². The second kappa shape index (κ2) is 8.42. The Hall–Kier alpha value is -2.97. The summed E-state index contributed by atoms with van der Waals surface area (Å²) in [6.07, 6.45) is 1.68. The molecule has 4 rings (SSSR count). The van der Waals surface area contributed by atoms with Crippen LogP contribution in [-0.2, 0) is 27.7 Å². The van der Waals surface area contributed by atoms with Crippen molar-refractivity contribution < 1.29 is 19.4 Å². The Balaban J connectivity index is 0.00000272. The second-order valence-electron chi connectivity index (χ2n) is 7.04. The van der Waals surface area contributed by atoms with Crippen molar-refractivity contribution in [1.82, 2.24) is 10.3 Å². The lowest BCUT2D eigenvalue weighted by Gasteiger charge is -2.10. The predicted molar refractivity (Wildman–Crippen MR) is 116 cm³/mol. The molecule has 0 atom stereocenters. The smallest absolute Gasteiger partial charge is 0.251 e. The van der Waals surface area contributed by atoms with Gasteiger partial charge >= 0.3 is 0 Å². The lowest BCUT2D eigenvalue weighted by molar-refractivity contribution is 0.0950. The van der Waals surface area contributed by atoms with E-state index < -0.39 is 9.84 Å². The molecule has 0 unspecified atom stereocenters. The quantitative estimate of drug-likeness (QED) is 0.653. The number of amides is 1. The number of pyridine rings is 1. The Morgan fingerprint density at radius 2 is 1.97 bits per heavy atom. The molecule has 8 heteroatoms. The number of nitrogens with one attached hydrogen (secondary N) is 1. The molecule has 6 nitrogen and oxygen atoms in total. The maximum atomic E-state index is 12.6. The number of rotatable bonds is 4. The molecule has 0 spiro atoms. The van der Waals surface area contributed by atoms with Crippen molar-refractivity contribution in [1.29, 1.82) is 0 Å². The second-order valence-corrected chi connectivity index (χ2v) is 9.12. The van der Waals surface area contributed by atoms with Crippen LogP contribution >= 0.6 is 0 Å². The normalized spacial score (nSPS) is 15.1. The van der Waals surface area contributed by atoms with E-state index in [4.69, 9.17) is 12.6 Å². The minimum Gasteiger partial charge on any atom is -0.376 e. The van der Waals surface area contributed by atoms with Crippen molar-refractivity contribution in [3.63, 3.8) is 0 Å². The highest BCUT2D eigenvalue weighted by atomic mass is 32.2. The monoisotopic (exact) mass is 420 g/mol. The zero-order chi connectivity index (χ0) is 21.1. The van der Waals surface area contributed by atoms with Gasteiger partial charge in [-0.3, -0.25) is 9.78 Å². The average molecular weight is 420 g/mol. The molecular formula is C22H21BN2O4S.